The molecule has 0 fully saturated rings. The molecule has 0 radical (unpaired) electrons. The molecule has 0 spiro atoms. The van der Waals surface area contributed by atoms with Gasteiger partial charge in [-0.25, -0.2) is 0 Å². The minimum Gasteiger partial charge on any atom is -0.494 e. The molecule has 0 unspecified atom stereocenters. The van der Waals surface area contributed by atoms with Gasteiger partial charge in [-0.3, -0.25) is 4.79 Å². The van der Waals surface area contributed by atoms with Crippen molar-refractivity contribution in [1.82, 2.24) is 4.57 Å². The number of carbonyl (C=O) groups is 1. The van der Waals surface area contributed by atoms with Crippen LogP contribution in [0.25, 0.3) is 10.9 Å². The first kappa shape index (κ1) is 13.7. The first-order chi connectivity index (χ1) is 9.10. The summed E-state index contributed by atoms with van der Waals surface area (Å²) in [7, 11) is 0. The van der Waals surface area contributed by atoms with Crippen molar-refractivity contribution < 1.29 is 9.53 Å². The second-order valence-corrected chi connectivity index (χ2v) is 5.11. The van der Waals surface area contributed by atoms with E-state index in [0.29, 0.717) is 12.6 Å². The minimum atomic E-state index is 0.332. The summed E-state index contributed by atoms with van der Waals surface area (Å²) in [4.78, 5) is 11.3. The highest BCUT2D eigenvalue weighted by Crippen LogP contribution is 2.30. The van der Waals surface area contributed by atoms with Gasteiger partial charge in [-0.15, -0.1) is 0 Å². The maximum Gasteiger partial charge on any atom is 0.152 e. The van der Waals surface area contributed by atoms with Crippen LogP contribution in [0.2, 0.25) is 0 Å². The Morgan fingerprint density at radius 1 is 1.37 bits per heavy atom. The van der Waals surface area contributed by atoms with E-state index in [9.17, 15) is 4.79 Å². The third kappa shape index (κ3) is 2.37. The lowest BCUT2D eigenvalue weighted by atomic mass is 10.1. The SMILES string of the molecule is CCCOc1ccc2c(c1)c(C=O)c(C)n2C(C)C. The smallest absolute Gasteiger partial charge is 0.152 e. The highest BCUT2D eigenvalue weighted by Gasteiger charge is 2.15. The van der Waals surface area contributed by atoms with Gasteiger partial charge >= 0.3 is 0 Å². The first-order valence-corrected chi connectivity index (χ1v) is 6.82. The lowest BCUT2D eigenvalue weighted by molar-refractivity contribution is 0.112. The predicted molar refractivity (Wildman–Crippen MR) is 78.2 cm³/mol. The Bertz CT molecular complexity index is 596. The number of aldehydes is 1. The van der Waals surface area contributed by atoms with Crippen molar-refractivity contribution in [3.8, 4) is 5.75 Å². The van der Waals surface area contributed by atoms with Crippen molar-refractivity contribution in [3.05, 3.63) is 29.5 Å². The molecule has 0 atom stereocenters. The molecular formula is C16H21NO2. The fraction of sp³-hybridized carbons (Fsp3) is 0.438. The summed E-state index contributed by atoms with van der Waals surface area (Å²) in [6.07, 6.45) is 1.92. The molecule has 0 N–H and O–H groups in total. The van der Waals surface area contributed by atoms with Gasteiger partial charge in [0.05, 0.1) is 6.61 Å². The van der Waals surface area contributed by atoms with Crippen molar-refractivity contribution in [2.75, 3.05) is 6.61 Å². The van der Waals surface area contributed by atoms with Crippen LogP contribution in [0.5, 0.6) is 5.75 Å². The van der Waals surface area contributed by atoms with Crippen molar-refractivity contribution in [2.45, 2.75) is 40.2 Å². The van der Waals surface area contributed by atoms with Crippen LogP contribution in [-0.2, 0) is 0 Å². The van der Waals surface area contributed by atoms with E-state index in [-0.39, 0.29) is 0 Å². The second kappa shape index (κ2) is 5.47. The van der Waals surface area contributed by atoms with Gasteiger partial charge in [0.1, 0.15) is 5.75 Å². The summed E-state index contributed by atoms with van der Waals surface area (Å²) >= 11 is 0. The average Bonchev–Trinajstić information content (AvgIpc) is 2.67. The van der Waals surface area contributed by atoms with Crippen LogP contribution in [0, 0.1) is 6.92 Å². The summed E-state index contributed by atoms with van der Waals surface area (Å²) in [6, 6.07) is 6.32. The van der Waals surface area contributed by atoms with Crippen LogP contribution >= 0.6 is 0 Å². The summed E-state index contributed by atoms with van der Waals surface area (Å²) in [6.45, 7) is 9.03. The number of nitrogens with zero attached hydrogens (tertiary/aromatic N) is 1. The van der Waals surface area contributed by atoms with Gasteiger partial charge < -0.3 is 9.30 Å². The van der Waals surface area contributed by atoms with Crippen molar-refractivity contribution in [1.29, 1.82) is 0 Å². The Morgan fingerprint density at radius 2 is 2.11 bits per heavy atom. The van der Waals surface area contributed by atoms with Gasteiger partial charge in [0.15, 0.2) is 6.29 Å². The number of hydrogen-bond donors (Lipinski definition) is 0. The number of hydrogen-bond acceptors (Lipinski definition) is 2. The number of rotatable bonds is 5. The molecule has 1 heterocycles. The Kier molecular flexibility index (Phi) is 3.93. The van der Waals surface area contributed by atoms with Gasteiger partial charge in [0.25, 0.3) is 0 Å². The van der Waals surface area contributed by atoms with Crippen LogP contribution in [0.3, 0.4) is 0 Å². The molecule has 1 aromatic carbocycles. The molecule has 0 aliphatic carbocycles. The summed E-state index contributed by atoms with van der Waals surface area (Å²) in [5, 5.41) is 0.981. The quantitative estimate of drug-likeness (QED) is 0.756. The Labute approximate surface area is 114 Å². The average molecular weight is 259 g/mol. The number of aromatic nitrogens is 1. The molecule has 102 valence electrons. The fourth-order valence-corrected chi connectivity index (χ4v) is 2.57. The van der Waals surface area contributed by atoms with E-state index in [2.05, 4.69) is 25.3 Å². The first-order valence-electron chi connectivity index (χ1n) is 6.82. The zero-order chi connectivity index (χ0) is 14.0. The Hall–Kier alpha value is -1.77. The fourth-order valence-electron chi connectivity index (χ4n) is 2.57. The predicted octanol–water partition coefficient (Wildman–Crippen LogP) is 4.13. The van der Waals surface area contributed by atoms with Gasteiger partial charge in [0, 0.05) is 28.2 Å². The van der Waals surface area contributed by atoms with Crippen molar-refractivity contribution >= 4 is 17.2 Å². The molecule has 0 amide bonds. The van der Waals surface area contributed by atoms with E-state index in [0.717, 1.165) is 40.6 Å². The number of ether oxygens (including phenoxy) is 1. The zero-order valence-electron chi connectivity index (χ0n) is 12.1. The largest absolute Gasteiger partial charge is 0.494 e. The van der Waals surface area contributed by atoms with E-state index in [1.807, 2.05) is 25.1 Å². The van der Waals surface area contributed by atoms with Crippen LogP contribution in [0.4, 0.5) is 0 Å². The molecule has 3 nitrogen and oxygen atoms in total. The van der Waals surface area contributed by atoms with Gasteiger partial charge in [-0.05, 0) is 45.4 Å². The molecule has 0 saturated carbocycles. The van der Waals surface area contributed by atoms with Crippen LogP contribution in [-0.4, -0.2) is 17.5 Å². The van der Waals surface area contributed by atoms with E-state index < -0.39 is 0 Å². The molecule has 3 heteroatoms. The number of carbonyl (C=O) groups excluding carboxylic acids is 1. The van der Waals surface area contributed by atoms with Crippen molar-refractivity contribution in [2.24, 2.45) is 0 Å². The Morgan fingerprint density at radius 3 is 2.68 bits per heavy atom. The molecule has 0 aliphatic heterocycles. The highest BCUT2D eigenvalue weighted by atomic mass is 16.5. The molecule has 19 heavy (non-hydrogen) atoms. The van der Waals surface area contributed by atoms with Crippen LogP contribution in [0.1, 0.15) is 49.3 Å². The van der Waals surface area contributed by atoms with E-state index in [1.54, 1.807) is 0 Å². The molecule has 2 rings (SSSR count). The number of fused-ring (bicyclic) bond motifs is 1. The van der Waals surface area contributed by atoms with E-state index in [4.69, 9.17) is 4.74 Å². The minimum absolute atomic E-state index is 0.332. The van der Waals surface area contributed by atoms with Crippen LogP contribution < -0.4 is 4.74 Å². The lowest BCUT2D eigenvalue weighted by Gasteiger charge is -2.12. The van der Waals surface area contributed by atoms with Crippen LogP contribution in [0.15, 0.2) is 18.2 Å². The van der Waals surface area contributed by atoms with E-state index >= 15 is 0 Å². The summed E-state index contributed by atoms with van der Waals surface area (Å²) in [5.41, 5.74) is 2.89. The van der Waals surface area contributed by atoms with E-state index in [1.165, 1.54) is 0 Å². The summed E-state index contributed by atoms with van der Waals surface area (Å²) in [5.74, 6) is 0.832. The monoisotopic (exact) mass is 259 g/mol. The molecule has 0 bridgehead atoms. The lowest BCUT2D eigenvalue weighted by Crippen LogP contribution is -2.03. The van der Waals surface area contributed by atoms with Gasteiger partial charge in [0.2, 0.25) is 0 Å². The highest BCUT2D eigenvalue weighted by molar-refractivity contribution is 6.00. The standard InChI is InChI=1S/C16H21NO2/c1-5-8-19-13-6-7-16-14(9-13)15(10-18)12(4)17(16)11(2)3/h6-7,9-11H,5,8H2,1-4H3. The Balaban J connectivity index is 2.61. The molecule has 2 aromatic rings. The van der Waals surface area contributed by atoms with Gasteiger partial charge in [-0.1, -0.05) is 6.92 Å². The zero-order valence-corrected chi connectivity index (χ0v) is 12.1. The summed E-state index contributed by atoms with van der Waals surface area (Å²) < 4.78 is 7.84. The van der Waals surface area contributed by atoms with Gasteiger partial charge in [-0.2, -0.15) is 0 Å². The topological polar surface area (TPSA) is 31.2 Å². The third-order valence-electron chi connectivity index (χ3n) is 3.38. The third-order valence-corrected chi connectivity index (χ3v) is 3.38. The molecule has 1 aromatic heterocycles. The maximum atomic E-state index is 11.3. The normalized spacial score (nSPS) is 11.2. The molecular weight excluding hydrogens is 238 g/mol. The molecule has 0 saturated heterocycles. The molecule has 0 aliphatic rings. The maximum absolute atomic E-state index is 11.3. The van der Waals surface area contributed by atoms with Crippen molar-refractivity contribution in [3.63, 3.8) is 0 Å². The number of benzene rings is 1. The second-order valence-electron chi connectivity index (χ2n) is 5.11.